The van der Waals surface area contributed by atoms with Gasteiger partial charge in [0.25, 0.3) is 0 Å². The standard InChI is InChI=1S/C14H22N2O4S/c1-4-10-16(12(2)17)11-9-15-21(18,19)14-7-5-13(20-3)6-8-14/h5-8,15H,4,9-11H2,1-3H3. The molecular formula is C14H22N2O4S. The Morgan fingerprint density at radius 1 is 1.24 bits per heavy atom. The van der Waals surface area contributed by atoms with Crippen LogP contribution in [0.4, 0.5) is 0 Å². The molecule has 0 fully saturated rings. The van der Waals surface area contributed by atoms with Crippen molar-refractivity contribution in [2.45, 2.75) is 25.2 Å². The molecule has 1 N–H and O–H groups in total. The second-order valence-electron chi connectivity index (χ2n) is 4.58. The summed E-state index contributed by atoms with van der Waals surface area (Å²) in [7, 11) is -2.05. The molecule has 0 spiro atoms. The highest BCUT2D eigenvalue weighted by molar-refractivity contribution is 7.89. The van der Waals surface area contributed by atoms with Crippen LogP contribution >= 0.6 is 0 Å². The Morgan fingerprint density at radius 2 is 1.86 bits per heavy atom. The van der Waals surface area contributed by atoms with E-state index in [0.717, 1.165) is 6.42 Å². The zero-order valence-electron chi connectivity index (χ0n) is 12.6. The van der Waals surface area contributed by atoms with Gasteiger partial charge in [0.1, 0.15) is 5.75 Å². The molecule has 0 atom stereocenters. The minimum absolute atomic E-state index is 0.0551. The van der Waals surface area contributed by atoms with Gasteiger partial charge in [-0.2, -0.15) is 0 Å². The van der Waals surface area contributed by atoms with E-state index < -0.39 is 10.0 Å². The minimum Gasteiger partial charge on any atom is -0.497 e. The molecule has 0 unspecified atom stereocenters. The first-order chi connectivity index (χ1) is 9.90. The van der Waals surface area contributed by atoms with Crippen LogP contribution < -0.4 is 9.46 Å². The Bertz CT molecular complexity index is 555. The Hall–Kier alpha value is -1.60. The number of amides is 1. The summed E-state index contributed by atoms with van der Waals surface area (Å²) in [4.78, 5) is 13.2. The van der Waals surface area contributed by atoms with Gasteiger partial charge < -0.3 is 9.64 Å². The molecule has 21 heavy (non-hydrogen) atoms. The molecule has 0 aliphatic heterocycles. The fourth-order valence-corrected chi connectivity index (χ4v) is 2.87. The monoisotopic (exact) mass is 314 g/mol. The number of carbonyl (C=O) groups is 1. The molecule has 7 heteroatoms. The molecule has 0 bridgehead atoms. The number of hydrogen-bond donors (Lipinski definition) is 1. The lowest BCUT2D eigenvalue weighted by Gasteiger charge is -2.20. The number of carbonyl (C=O) groups excluding carboxylic acids is 1. The fraction of sp³-hybridized carbons (Fsp3) is 0.500. The topological polar surface area (TPSA) is 75.7 Å². The van der Waals surface area contributed by atoms with Crippen molar-refractivity contribution in [2.24, 2.45) is 0 Å². The van der Waals surface area contributed by atoms with Gasteiger partial charge in [0.2, 0.25) is 15.9 Å². The first-order valence-corrected chi connectivity index (χ1v) is 8.28. The summed E-state index contributed by atoms with van der Waals surface area (Å²) in [6.45, 7) is 4.62. The van der Waals surface area contributed by atoms with Crippen LogP contribution in [0.25, 0.3) is 0 Å². The van der Waals surface area contributed by atoms with E-state index in [1.165, 1.54) is 26.2 Å². The number of rotatable bonds is 8. The van der Waals surface area contributed by atoms with Crippen molar-refractivity contribution in [3.05, 3.63) is 24.3 Å². The lowest BCUT2D eigenvalue weighted by atomic mass is 10.3. The fourth-order valence-electron chi connectivity index (χ4n) is 1.85. The van der Waals surface area contributed by atoms with Crippen LogP contribution in [0.5, 0.6) is 5.75 Å². The Balaban J connectivity index is 2.61. The van der Waals surface area contributed by atoms with E-state index >= 15 is 0 Å². The Morgan fingerprint density at radius 3 is 2.33 bits per heavy atom. The molecule has 118 valence electrons. The smallest absolute Gasteiger partial charge is 0.240 e. The number of benzene rings is 1. The van der Waals surface area contributed by atoms with Crippen LogP contribution in [-0.2, 0) is 14.8 Å². The number of methoxy groups -OCH3 is 1. The van der Waals surface area contributed by atoms with Crippen LogP contribution in [0.15, 0.2) is 29.2 Å². The van der Waals surface area contributed by atoms with Crippen LogP contribution in [0.3, 0.4) is 0 Å². The van der Waals surface area contributed by atoms with E-state index in [-0.39, 0.29) is 17.3 Å². The molecule has 1 aromatic rings. The first-order valence-electron chi connectivity index (χ1n) is 6.80. The van der Waals surface area contributed by atoms with Crippen LogP contribution in [0.2, 0.25) is 0 Å². The molecule has 1 aromatic carbocycles. The van der Waals surface area contributed by atoms with Gasteiger partial charge in [-0.1, -0.05) is 6.92 Å². The van der Waals surface area contributed by atoms with Crippen molar-refractivity contribution in [3.8, 4) is 5.75 Å². The molecule has 0 heterocycles. The first kappa shape index (κ1) is 17.5. The SMILES string of the molecule is CCCN(CCNS(=O)(=O)c1ccc(OC)cc1)C(C)=O. The summed E-state index contributed by atoms with van der Waals surface area (Å²) in [6.07, 6.45) is 0.838. The van der Waals surface area contributed by atoms with Gasteiger partial charge in [-0.05, 0) is 30.7 Å². The minimum atomic E-state index is -3.57. The maximum absolute atomic E-state index is 12.1. The molecule has 0 aliphatic rings. The summed E-state index contributed by atoms with van der Waals surface area (Å²) >= 11 is 0. The molecular weight excluding hydrogens is 292 g/mol. The number of ether oxygens (including phenoxy) is 1. The number of hydrogen-bond acceptors (Lipinski definition) is 4. The van der Waals surface area contributed by atoms with Gasteiger partial charge in [0.05, 0.1) is 12.0 Å². The van der Waals surface area contributed by atoms with Crippen LogP contribution in [-0.4, -0.2) is 46.0 Å². The molecule has 6 nitrogen and oxygen atoms in total. The Kier molecular flexibility index (Phi) is 6.64. The van der Waals surface area contributed by atoms with Crippen molar-refractivity contribution in [1.82, 2.24) is 9.62 Å². The molecule has 0 radical (unpaired) electrons. The summed E-state index contributed by atoms with van der Waals surface area (Å²) in [5.74, 6) is 0.542. The van der Waals surface area contributed by atoms with Crippen molar-refractivity contribution in [3.63, 3.8) is 0 Å². The largest absolute Gasteiger partial charge is 0.497 e. The third-order valence-corrected chi connectivity index (χ3v) is 4.46. The van der Waals surface area contributed by atoms with E-state index in [1.807, 2.05) is 6.92 Å². The second kappa shape index (κ2) is 7.99. The lowest BCUT2D eigenvalue weighted by molar-refractivity contribution is -0.128. The summed E-state index contributed by atoms with van der Waals surface area (Å²) in [5.41, 5.74) is 0. The number of nitrogens with zero attached hydrogens (tertiary/aromatic N) is 1. The van der Waals surface area contributed by atoms with Gasteiger partial charge in [0, 0.05) is 26.6 Å². The molecule has 0 saturated heterocycles. The maximum atomic E-state index is 12.1. The zero-order chi connectivity index (χ0) is 15.9. The normalized spacial score (nSPS) is 11.2. The predicted molar refractivity (Wildman–Crippen MR) is 80.7 cm³/mol. The molecule has 0 aliphatic carbocycles. The highest BCUT2D eigenvalue weighted by Crippen LogP contribution is 2.15. The number of nitrogens with one attached hydrogen (secondary N) is 1. The third kappa shape index (κ3) is 5.35. The van der Waals surface area contributed by atoms with Crippen LogP contribution in [0.1, 0.15) is 20.3 Å². The van der Waals surface area contributed by atoms with Gasteiger partial charge in [-0.25, -0.2) is 13.1 Å². The predicted octanol–water partition coefficient (Wildman–Crippen LogP) is 1.23. The lowest BCUT2D eigenvalue weighted by Crippen LogP contribution is -2.37. The van der Waals surface area contributed by atoms with Crippen molar-refractivity contribution in [1.29, 1.82) is 0 Å². The maximum Gasteiger partial charge on any atom is 0.240 e. The van der Waals surface area contributed by atoms with E-state index in [9.17, 15) is 13.2 Å². The highest BCUT2D eigenvalue weighted by Gasteiger charge is 2.14. The van der Waals surface area contributed by atoms with E-state index in [4.69, 9.17) is 4.74 Å². The average Bonchev–Trinajstić information content (AvgIpc) is 2.46. The van der Waals surface area contributed by atoms with Gasteiger partial charge in [0.15, 0.2) is 0 Å². The summed E-state index contributed by atoms with van der Waals surface area (Å²) < 4.78 is 31.7. The summed E-state index contributed by atoms with van der Waals surface area (Å²) in [5, 5.41) is 0. The van der Waals surface area contributed by atoms with E-state index in [0.29, 0.717) is 18.8 Å². The molecule has 0 aromatic heterocycles. The van der Waals surface area contributed by atoms with Gasteiger partial charge >= 0.3 is 0 Å². The van der Waals surface area contributed by atoms with Crippen LogP contribution in [0, 0.1) is 0 Å². The molecule has 1 amide bonds. The average molecular weight is 314 g/mol. The second-order valence-corrected chi connectivity index (χ2v) is 6.35. The van der Waals surface area contributed by atoms with Crippen molar-refractivity contribution < 1.29 is 17.9 Å². The third-order valence-electron chi connectivity index (χ3n) is 2.98. The van der Waals surface area contributed by atoms with Crippen molar-refractivity contribution in [2.75, 3.05) is 26.7 Å². The quantitative estimate of drug-likeness (QED) is 0.783. The van der Waals surface area contributed by atoms with Gasteiger partial charge in [-0.15, -0.1) is 0 Å². The van der Waals surface area contributed by atoms with Gasteiger partial charge in [-0.3, -0.25) is 4.79 Å². The van der Waals surface area contributed by atoms with E-state index in [1.54, 1.807) is 17.0 Å². The highest BCUT2D eigenvalue weighted by atomic mass is 32.2. The molecule has 1 rings (SSSR count). The van der Waals surface area contributed by atoms with Crippen molar-refractivity contribution >= 4 is 15.9 Å². The molecule has 0 saturated carbocycles. The van der Waals surface area contributed by atoms with E-state index in [2.05, 4.69) is 4.72 Å². The number of sulfonamides is 1. The zero-order valence-corrected chi connectivity index (χ0v) is 13.4. The summed E-state index contributed by atoms with van der Waals surface area (Å²) in [6, 6.07) is 6.15. The Labute approximate surface area is 126 Å².